The van der Waals surface area contributed by atoms with Crippen molar-refractivity contribution in [3.8, 4) is 11.1 Å². The predicted octanol–water partition coefficient (Wildman–Crippen LogP) is 5.57. The van der Waals surface area contributed by atoms with Gasteiger partial charge in [-0.3, -0.25) is 9.59 Å². The lowest BCUT2D eigenvalue weighted by atomic mass is 9.78. The summed E-state index contributed by atoms with van der Waals surface area (Å²) in [4.78, 5) is 37.6. The van der Waals surface area contributed by atoms with Crippen LogP contribution in [-0.4, -0.2) is 29.6 Å². The molecule has 2 aromatic carbocycles. The van der Waals surface area contributed by atoms with Crippen molar-refractivity contribution in [2.45, 2.75) is 32.6 Å². The average Bonchev–Trinajstić information content (AvgIpc) is 3.22. The third kappa shape index (κ3) is 4.25. The molecule has 0 aliphatic heterocycles. The molecule has 7 heteroatoms. The van der Waals surface area contributed by atoms with Gasteiger partial charge in [-0.25, -0.2) is 4.79 Å². The molecule has 2 N–H and O–H groups in total. The Hall–Kier alpha value is -3.19. The van der Waals surface area contributed by atoms with E-state index >= 15 is 0 Å². The second-order valence-corrected chi connectivity index (χ2v) is 8.81. The van der Waals surface area contributed by atoms with Crippen molar-refractivity contribution in [1.82, 2.24) is 0 Å². The lowest BCUT2D eigenvalue weighted by Gasteiger charge is -2.27. The van der Waals surface area contributed by atoms with Crippen LogP contribution in [-0.2, 0) is 14.3 Å². The van der Waals surface area contributed by atoms with Crippen LogP contribution in [0.25, 0.3) is 21.9 Å². The Bertz CT molecular complexity index is 1160. The van der Waals surface area contributed by atoms with E-state index in [0.717, 1.165) is 29.2 Å². The number of nitrogens with one attached hydrogen (secondary N) is 1. The van der Waals surface area contributed by atoms with Crippen LogP contribution in [0.15, 0.2) is 47.8 Å². The van der Waals surface area contributed by atoms with Crippen molar-refractivity contribution in [2.24, 2.45) is 11.8 Å². The van der Waals surface area contributed by atoms with Gasteiger partial charge in [0.1, 0.15) is 10.6 Å². The van der Waals surface area contributed by atoms with Gasteiger partial charge >= 0.3 is 11.9 Å². The highest BCUT2D eigenvalue weighted by Crippen LogP contribution is 2.40. The van der Waals surface area contributed by atoms with Crippen LogP contribution in [0.3, 0.4) is 0 Å². The van der Waals surface area contributed by atoms with Crippen molar-refractivity contribution in [3.05, 3.63) is 53.4 Å². The van der Waals surface area contributed by atoms with Gasteiger partial charge in [-0.1, -0.05) is 55.3 Å². The molecule has 0 bridgehead atoms. The number of carboxylic acid groups (broad SMARTS) is 1. The van der Waals surface area contributed by atoms with E-state index < -0.39 is 23.8 Å². The minimum Gasteiger partial charge on any atom is -0.481 e. The number of anilines is 1. The molecule has 0 saturated heterocycles. The van der Waals surface area contributed by atoms with Crippen molar-refractivity contribution < 1.29 is 24.2 Å². The van der Waals surface area contributed by atoms with E-state index in [9.17, 15) is 19.5 Å². The number of carboxylic acids is 1. The molecule has 1 aliphatic carbocycles. The minimum absolute atomic E-state index is 0.209. The molecule has 3 aromatic rings. The summed E-state index contributed by atoms with van der Waals surface area (Å²) in [5, 5.41) is 16.7. The Morgan fingerprint density at radius 3 is 2.50 bits per heavy atom. The summed E-state index contributed by atoms with van der Waals surface area (Å²) < 4.78 is 5.31. The minimum atomic E-state index is -0.946. The predicted molar refractivity (Wildman–Crippen MR) is 125 cm³/mol. The molecule has 0 unspecified atom stereocenters. The van der Waals surface area contributed by atoms with Crippen molar-refractivity contribution >= 4 is 45.0 Å². The van der Waals surface area contributed by atoms with Crippen LogP contribution in [0, 0.1) is 11.8 Å². The van der Waals surface area contributed by atoms with E-state index in [1.807, 2.05) is 47.8 Å². The zero-order valence-electron chi connectivity index (χ0n) is 17.8. The first-order valence-corrected chi connectivity index (χ1v) is 11.7. The average molecular weight is 452 g/mol. The zero-order valence-corrected chi connectivity index (χ0v) is 18.6. The van der Waals surface area contributed by atoms with Gasteiger partial charge < -0.3 is 15.2 Å². The SMILES string of the molecule is CCOC(=O)c1c(-c2cccc3ccccc23)csc1NC(=O)[C@@H]1CCCC[C@@H]1C(=O)O. The maximum absolute atomic E-state index is 13.1. The molecule has 1 fully saturated rings. The molecule has 0 spiro atoms. The molecule has 1 heterocycles. The number of amides is 1. The zero-order chi connectivity index (χ0) is 22.7. The number of thiophene rings is 1. The number of fused-ring (bicyclic) bond motifs is 1. The lowest BCUT2D eigenvalue weighted by Crippen LogP contribution is -2.36. The van der Waals surface area contributed by atoms with E-state index in [0.29, 0.717) is 29.0 Å². The van der Waals surface area contributed by atoms with E-state index in [-0.39, 0.29) is 12.5 Å². The second kappa shape index (κ2) is 9.53. The van der Waals surface area contributed by atoms with Gasteiger partial charge in [0, 0.05) is 10.9 Å². The number of carbonyl (C=O) groups is 3. The fourth-order valence-electron chi connectivity index (χ4n) is 4.46. The first-order chi connectivity index (χ1) is 15.5. The van der Waals surface area contributed by atoms with Gasteiger partial charge in [0.2, 0.25) is 5.91 Å². The molecule has 4 rings (SSSR count). The number of esters is 1. The summed E-state index contributed by atoms with van der Waals surface area (Å²) in [5.74, 6) is -3.12. The maximum atomic E-state index is 13.1. The number of carbonyl (C=O) groups excluding carboxylic acids is 2. The Labute approximate surface area is 190 Å². The smallest absolute Gasteiger partial charge is 0.341 e. The van der Waals surface area contributed by atoms with Crippen molar-refractivity contribution in [2.75, 3.05) is 11.9 Å². The molecule has 6 nitrogen and oxygen atoms in total. The number of ether oxygens (including phenoxy) is 1. The molecule has 1 aromatic heterocycles. The summed E-state index contributed by atoms with van der Waals surface area (Å²) in [6.07, 6.45) is 2.64. The largest absolute Gasteiger partial charge is 0.481 e. The number of benzene rings is 2. The van der Waals surface area contributed by atoms with Crippen LogP contribution in [0.4, 0.5) is 5.00 Å². The second-order valence-electron chi connectivity index (χ2n) is 7.93. The summed E-state index contributed by atoms with van der Waals surface area (Å²) in [5.41, 5.74) is 1.88. The summed E-state index contributed by atoms with van der Waals surface area (Å²) in [6, 6.07) is 13.8. The Morgan fingerprint density at radius 1 is 1.03 bits per heavy atom. The topological polar surface area (TPSA) is 92.7 Å². The van der Waals surface area contributed by atoms with E-state index in [4.69, 9.17) is 4.74 Å². The maximum Gasteiger partial charge on any atom is 0.341 e. The van der Waals surface area contributed by atoms with Crippen LogP contribution < -0.4 is 5.32 Å². The van der Waals surface area contributed by atoms with Crippen LogP contribution in [0.5, 0.6) is 0 Å². The van der Waals surface area contributed by atoms with E-state index in [1.165, 1.54) is 11.3 Å². The van der Waals surface area contributed by atoms with E-state index in [2.05, 4.69) is 5.32 Å². The summed E-state index contributed by atoms with van der Waals surface area (Å²) >= 11 is 1.26. The summed E-state index contributed by atoms with van der Waals surface area (Å²) in [6.45, 7) is 1.94. The van der Waals surface area contributed by atoms with Gasteiger partial charge in [-0.15, -0.1) is 11.3 Å². The molecule has 1 amide bonds. The Kier molecular flexibility index (Phi) is 6.55. The first kappa shape index (κ1) is 22.0. The van der Waals surface area contributed by atoms with Crippen molar-refractivity contribution in [1.29, 1.82) is 0 Å². The highest BCUT2D eigenvalue weighted by molar-refractivity contribution is 7.15. The first-order valence-electron chi connectivity index (χ1n) is 10.8. The van der Waals surface area contributed by atoms with Crippen LogP contribution in [0.1, 0.15) is 43.0 Å². The fourth-order valence-corrected chi connectivity index (χ4v) is 5.41. The fraction of sp³-hybridized carbons (Fsp3) is 0.320. The third-order valence-corrected chi connectivity index (χ3v) is 6.90. The molecule has 1 aliphatic rings. The summed E-state index contributed by atoms with van der Waals surface area (Å²) in [7, 11) is 0. The standard InChI is InChI=1S/C25H25NO5S/c1-2-31-25(30)21-20(17-13-7-9-15-8-3-4-10-16(15)17)14-32-23(21)26-22(27)18-11-5-6-12-19(18)24(28)29/h3-4,7-10,13-14,18-19H,2,5-6,11-12H2,1H3,(H,26,27)(H,28,29)/t18-,19+/m1/s1. The molecule has 166 valence electrons. The molecule has 0 radical (unpaired) electrons. The van der Waals surface area contributed by atoms with Gasteiger partial charge in [-0.05, 0) is 36.1 Å². The molecular weight excluding hydrogens is 426 g/mol. The number of hydrogen-bond acceptors (Lipinski definition) is 5. The molecule has 32 heavy (non-hydrogen) atoms. The van der Waals surface area contributed by atoms with E-state index in [1.54, 1.807) is 6.92 Å². The van der Waals surface area contributed by atoms with Gasteiger partial charge in [0.05, 0.1) is 18.4 Å². The van der Waals surface area contributed by atoms with Gasteiger partial charge in [-0.2, -0.15) is 0 Å². The highest BCUT2D eigenvalue weighted by atomic mass is 32.1. The van der Waals surface area contributed by atoms with Crippen molar-refractivity contribution in [3.63, 3.8) is 0 Å². The monoisotopic (exact) mass is 451 g/mol. The highest BCUT2D eigenvalue weighted by Gasteiger charge is 2.36. The van der Waals surface area contributed by atoms with Gasteiger partial charge in [0.15, 0.2) is 0 Å². The quantitative estimate of drug-likeness (QED) is 0.478. The third-order valence-electron chi connectivity index (χ3n) is 6.01. The van der Waals surface area contributed by atoms with Crippen LogP contribution in [0.2, 0.25) is 0 Å². The van der Waals surface area contributed by atoms with Gasteiger partial charge in [0.25, 0.3) is 0 Å². The number of hydrogen-bond donors (Lipinski definition) is 2. The lowest BCUT2D eigenvalue weighted by molar-refractivity contribution is -0.147. The Morgan fingerprint density at radius 2 is 1.75 bits per heavy atom. The Balaban J connectivity index is 1.73. The normalized spacial score (nSPS) is 18.3. The molecule has 2 atom stereocenters. The van der Waals surface area contributed by atoms with Crippen LogP contribution >= 0.6 is 11.3 Å². The molecular formula is C25H25NO5S. The molecule has 1 saturated carbocycles. The number of aliphatic carboxylic acids is 1. The number of rotatable bonds is 6.